The standard InChI is InChI=1S/C12H14O2/c1-10(13)4-3-5-11-6-8-12(14-2)9-7-11/h3,5-9H,4H2,1-2H3. The van der Waals surface area contributed by atoms with Gasteiger partial charge in [-0.25, -0.2) is 0 Å². The first-order valence-electron chi connectivity index (χ1n) is 4.52. The molecule has 0 unspecified atom stereocenters. The zero-order chi connectivity index (χ0) is 10.4. The van der Waals surface area contributed by atoms with E-state index in [0.29, 0.717) is 6.42 Å². The average Bonchev–Trinajstić information content (AvgIpc) is 2.18. The minimum absolute atomic E-state index is 0.176. The van der Waals surface area contributed by atoms with Crippen LogP contribution in [0.15, 0.2) is 30.3 Å². The van der Waals surface area contributed by atoms with Crippen molar-refractivity contribution in [2.45, 2.75) is 13.3 Å². The van der Waals surface area contributed by atoms with E-state index in [0.717, 1.165) is 11.3 Å². The van der Waals surface area contributed by atoms with Gasteiger partial charge in [-0.3, -0.25) is 4.79 Å². The van der Waals surface area contributed by atoms with Gasteiger partial charge in [-0.2, -0.15) is 0 Å². The van der Waals surface area contributed by atoms with Gasteiger partial charge in [0.05, 0.1) is 7.11 Å². The zero-order valence-corrected chi connectivity index (χ0v) is 8.49. The molecule has 14 heavy (non-hydrogen) atoms. The molecule has 1 aromatic carbocycles. The fraction of sp³-hybridized carbons (Fsp3) is 0.250. The predicted molar refractivity (Wildman–Crippen MR) is 57.3 cm³/mol. The van der Waals surface area contributed by atoms with Crippen LogP contribution in [0.2, 0.25) is 0 Å². The summed E-state index contributed by atoms with van der Waals surface area (Å²) in [5, 5.41) is 0. The highest BCUT2D eigenvalue weighted by atomic mass is 16.5. The van der Waals surface area contributed by atoms with E-state index in [1.165, 1.54) is 0 Å². The molecule has 1 aromatic rings. The minimum Gasteiger partial charge on any atom is -0.497 e. The van der Waals surface area contributed by atoms with Gasteiger partial charge >= 0.3 is 0 Å². The van der Waals surface area contributed by atoms with Gasteiger partial charge in [0, 0.05) is 6.42 Å². The summed E-state index contributed by atoms with van der Waals surface area (Å²) < 4.78 is 5.03. The molecule has 0 spiro atoms. The van der Waals surface area contributed by atoms with E-state index >= 15 is 0 Å². The molecule has 2 heteroatoms. The third-order valence-corrected chi connectivity index (χ3v) is 1.83. The maximum atomic E-state index is 10.7. The summed E-state index contributed by atoms with van der Waals surface area (Å²) in [6.45, 7) is 1.58. The molecule has 0 aliphatic rings. The number of ether oxygens (including phenoxy) is 1. The Labute approximate surface area is 84.2 Å². The van der Waals surface area contributed by atoms with Crippen LogP contribution in [-0.4, -0.2) is 12.9 Å². The molecule has 0 saturated heterocycles. The van der Waals surface area contributed by atoms with Crippen LogP contribution in [-0.2, 0) is 4.79 Å². The number of benzene rings is 1. The van der Waals surface area contributed by atoms with E-state index in [2.05, 4.69) is 0 Å². The van der Waals surface area contributed by atoms with Gasteiger partial charge in [0.1, 0.15) is 11.5 Å². The summed E-state index contributed by atoms with van der Waals surface area (Å²) in [5.74, 6) is 1.02. The van der Waals surface area contributed by atoms with E-state index in [1.54, 1.807) is 14.0 Å². The molecular formula is C12H14O2. The number of allylic oxidation sites excluding steroid dienone is 1. The lowest BCUT2D eigenvalue weighted by molar-refractivity contribution is -0.116. The smallest absolute Gasteiger partial charge is 0.133 e. The molecule has 0 N–H and O–H groups in total. The number of methoxy groups -OCH3 is 1. The molecule has 0 saturated carbocycles. The van der Waals surface area contributed by atoms with Crippen LogP contribution in [0.5, 0.6) is 5.75 Å². The number of carbonyl (C=O) groups is 1. The van der Waals surface area contributed by atoms with Gasteiger partial charge in [0.15, 0.2) is 0 Å². The van der Waals surface area contributed by atoms with E-state index in [-0.39, 0.29) is 5.78 Å². The summed E-state index contributed by atoms with van der Waals surface area (Å²) in [7, 11) is 1.64. The molecular weight excluding hydrogens is 176 g/mol. The molecule has 0 fully saturated rings. The first-order valence-corrected chi connectivity index (χ1v) is 4.52. The normalized spacial score (nSPS) is 10.4. The fourth-order valence-corrected chi connectivity index (χ4v) is 1.08. The van der Waals surface area contributed by atoms with Crippen LogP contribution < -0.4 is 4.74 Å². The van der Waals surface area contributed by atoms with Gasteiger partial charge < -0.3 is 4.74 Å². The Kier molecular flexibility index (Phi) is 3.92. The van der Waals surface area contributed by atoms with Crippen molar-refractivity contribution >= 4 is 11.9 Å². The van der Waals surface area contributed by atoms with E-state index in [1.807, 2.05) is 36.4 Å². The fourth-order valence-electron chi connectivity index (χ4n) is 1.08. The van der Waals surface area contributed by atoms with Crippen molar-refractivity contribution in [3.8, 4) is 5.75 Å². The molecule has 0 heterocycles. The molecule has 0 aliphatic carbocycles. The zero-order valence-electron chi connectivity index (χ0n) is 8.49. The summed E-state index contributed by atoms with van der Waals surface area (Å²) in [4.78, 5) is 10.7. The van der Waals surface area contributed by atoms with Crippen molar-refractivity contribution in [2.75, 3.05) is 7.11 Å². The Morgan fingerprint density at radius 3 is 2.50 bits per heavy atom. The summed E-state index contributed by atoms with van der Waals surface area (Å²) in [6.07, 6.45) is 4.29. The van der Waals surface area contributed by atoms with E-state index in [9.17, 15) is 4.79 Å². The molecule has 0 aromatic heterocycles. The quantitative estimate of drug-likeness (QED) is 0.729. The third-order valence-electron chi connectivity index (χ3n) is 1.83. The highest BCUT2D eigenvalue weighted by molar-refractivity contribution is 5.78. The minimum atomic E-state index is 0.176. The van der Waals surface area contributed by atoms with Crippen molar-refractivity contribution in [1.29, 1.82) is 0 Å². The Balaban J connectivity index is 2.59. The van der Waals surface area contributed by atoms with Crippen molar-refractivity contribution in [3.63, 3.8) is 0 Å². The second-order valence-electron chi connectivity index (χ2n) is 3.08. The summed E-state index contributed by atoms with van der Waals surface area (Å²) >= 11 is 0. The second kappa shape index (κ2) is 5.22. The van der Waals surface area contributed by atoms with Crippen LogP contribution in [0.3, 0.4) is 0 Å². The highest BCUT2D eigenvalue weighted by Crippen LogP contribution is 2.12. The average molecular weight is 190 g/mol. The van der Waals surface area contributed by atoms with Crippen LogP contribution in [0.4, 0.5) is 0 Å². The van der Waals surface area contributed by atoms with Crippen molar-refractivity contribution < 1.29 is 9.53 Å². The maximum absolute atomic E-state index is 10.7. The Bertz CT molecular complexity index is 323. The molecule has 1 rings (SSSR count). The van der Waals surface area contributed by atoms with Crippen molar-refractivity contribution in [2.24, 2.45) is 0 Å². The molecule has 2 nitrogen and oxygen atoms in total. The van der Waals surface area contributed by atoms with Gasteiger partial charge in [-0.15, -0.1) is 0 Å². The topological polar surface area (TPSA) is 26.3 Å². The molecule has 0 atom stereocenters. The maximum Gasteiger partial charge on any atom is 0.133 e. The highest BCUT2D eigenvalue weighted by Gasteiger charge is 1.90. The van der Waals surface area contributed by atoms with Crippen LogP contribution >= 0.6 is 0 Å². The van der Waals surface area contributed by atoms with Crippen molar-refractivity contribution in [1.82, 2.24) is 0 Å². The number of hydrogen-bond acceptors (Lipinski definition) is 2. The first-order chi connectivity index (χ1) is 6.72. The second-order valence-corrected chi connectivity index (χ2v) is 3.08. The lowest BCUT2D eigenvalue weighted by atomic mass is 10.2. The number of hydrogen-bond donors (Lipinski definition) is 0. The molecule has 0 bridgehead atoms. The number of ketones is 1. The predicted octanol–water partition coefficient (Wildman–Crippen LogP) is 2.69. The van der Waals surface area contributed by atoms with Gasteiger partial charge in [0.25, 0.3) is 0 Å². The number of Topliss-reactive ketones (excluding diaryl/α,β-unsaturated/α-hetero) is 1. The van der Waals surface area contributed by atoms with Gasteiger partial charge in [-0.1, -0.05) is 24.3 Å². The lowest BCUT2D eigenvalue weighted by Gasteiger charge is -1.98. The molecule has 74 valence electrons. The lowest BCUT2D eigenvalue weighted by Crippen LogP contribution is -1.84. The number of carbonyl (C=O) groups excluding carboxylic acids is 1. The van der Waals surface area contributed by atoms with Gasteiger partial charge in [-0.05, 0) is 24.6 Å². The first kappa shape index (κ1) is 10.5. The largest absolute Gasteiger partial charge is 0.497 e. The van der Waals surface area contributed by atoms with Gasteiger partial charge in [0.2, 0.25) is 0 Å². The Morgan fingerprint density at radius 1 is 1.36 bits per heavy atom. The SMILES string of the molecule is COc1ccc(C=CCC(C)=O)cc1. The summed E-state index contributed by atoms with van der Waals surface area (Å²) in [5.41, 5.74) is 1.08. The molecule has 0 amide bonds. The monoisotopic (exact) mass is 190 g/mol. The van der Waals surface area contributed by atoms with Crippen LogP contribution in [0.25, 0.3) is 6.08 Å². The molecule has 0 aliphatic heterocycles. The summed E-state index contributed by atoms with van der Waals surface area (Å²) in [6, 6.07) is 7.70. The van der Waals surface area contributed by atoms with E-state index < -0.39 is 0 Å². The molecule has 0 radical (unpaired) electrons. The van der Waals surface area contributed by atoms with Crippen molar-refractivity contribution in [3.05, 3.63) is 35.9 Å². The van der Waals surface area contributed by atoms with Crippen LogP contribution in [0.1, 0.15) is 18.9 Å². The number of rotatable bonds is 4. The third kappa shape index (κ3) is 3.44. The van der Waals surface area contributed by atoms with E-state index in [4.69, 9.17) is 4.74 Å². The van der Waals surface area contributed by atoms with Crippen LogP contribution in [0, 0.1) is 0 Å². The Hall–Kier alpha value is -1.57. The Morgan fingerprint density at radius 2 is 2.00 bits per heavy atom.